The molecule has 0 amide bonds. The van der Waals surface area contributed by atoms with Crippen molar-refractivity contribution in [3.8, 4) is 0 Å². The van der Waals surface area contributed by atoms with Crippen LogP contribution in [0.25, 0.3) is 0 Å². The number of rotatable bonds is 3. The first-order chi connectivity index (χ1) is 7.00. The zero-order chi connectivity index (χ0) is 11.4. The molecule has 0 aliphatic rings. The van der Waals surface area contributed by atoms with Crippen molar-refractivity contribution < 1.29 is 14.3 Å². The van der Waals surface area contributed by atoms with Crippen molar-refractivity contribution in [3.63, 3.8) is 0 Å². The molecule has 0 spiro atoms. The summed E-state index contributed by atoms with van der Waals surface area (Å²) in [5.74, 6) is -0.806. The number of halogens is 2. The molecule has 0 radical (unpaired) electrons. The Morgan fingerprint density at radius 3 is 2.67 bits per heavy atom. The summed E-state index contributed by atoms with van der Waals surface area (Å²) >= 11 is 9.07. The summed E-state index contributed by atoms with van der Waals surface area (Å²) in [6.45, 7) is 0.965. The summed E-state index contributed by atoms with van der Waals surface area (Å²) in [5, 5.41) is 0.335. The van der Waals surface area contributed by atoms with Crippen LogP contribution in [0.15, 0.2) is 22.7 Å². The third-order valence-corrected chi connectivity index (χ3v) is 2.44. The van der Waals surface area contributed by atoms with Gasteiger partial charge in [0.1, 0.15) is 0 Å². The predicted molar refractivity (Wildman–Crippen MR) is 60.1 cm³/mol. The van der Waals surface area contributed by atoms with Crippen LogP contribution in [0.4, 0.5) is 0 Å². The fraction of sp³-hybridized carbons (Fsp3) is 0.200. The number of carbonyl (C=O) groups is 2. The molecule has 0 aromatic heterocycles. The third-order valence-electron chi connectivity index (χ3n) is 1.64. The van der Waals surface area contributed by atoms with Crippen molar-refractivity contribution in [2.24, 2.45) is 0 Å². The molecule has 5 heteroatoms. The number of esters is 1. The van der Waals surface area contributed by atoms with Gasteiger partial charge in [-0.1, -0.05) is 27.5 Å². The first kappa shape index (κ1) is 12.2. The smallest absolute Gasteiger partial charge is 0.303 e. The summed E-state index contributed by atoms with van der Waals surface area (Å²) < 4.78 is 5.37. The number of hydrogen-bond donors (Lipinski definition) is 0. The van der Waals surface area contributed by atoms with Crippen LogP contribution in [0.5, 0.6) is 0 Å². The van der Waals surface area contributed by atoms with Gasteiger partial charge in [-0.05, 0) is 18.2 Å². The van der Waals surface area contributed by atoms with E-state index in [4.69, 9.17) is 11.6 Å². The lowest BCUT2D eigenvalue weighted by Crippen LogP contribution is -2.12. The van der Waals surface area contributed by atoms with Crippen LogP contribution in [0.1, 0.15) is 17.3 Å². The summed E-state index contributed by atoms with van der Waals surface area (Å²) in [4.78, 5) is 22.0. The second-order valence-corrected chi connectivity index (χ2v) is 4.15. The van der Waals surface area contributed by atoms with Crippen molar-refractivity contribution in [2.75, 3.05) is 6.61 Å². The van der Waals surface area contributed by atoms with Gasteiger partial charge >= 0.3 is 5.97 Å². The zero-order valence-electron chi connectivity index (χ0n) is 7.92. The molecule has 0 N–H and O–H groups in total. The predicted octanol–water partition coefficient (Wildman–Crippen LogP) is 2.85. The van der Waals surface area contributed by atoms with Crippen molar-refractivity contribution >= 4 is 39.3 Å². The molecule has 0 saturated carbocycles. The van der Waals surface area contributed by atoms with Crippen LogP contribution in [0.2, 0.25) is 5.02 Å². The highest BCUT2D eigenvalue weighted by Gasteiger charge is 2.11. The van der Waals surface area contributed by atoms with Crippen molar-refractivity contribution in [2.45, 2.75) is 6.92 Å². The van der Waals surface area contributed by atoms with Gasteiger partial charge in [-0.25, -0.2) is 0 Å². The van der Waals surface area contributed by atoms with E-state index >= 15 is 0 Å². The lowest BCUT2D eigenvalue weighted by Gasteiger charge is -2.04. The highest BCUT2D eigenvalue weighted by Crippen LogP contribution is 2.21. The van der Waals surface area contributed by atoms with E-state index < -0.39 is 5.97 Å². The van der Waals surface area contributed by atoms with E-state index in [9.17, 15) is 9.59 Å². The molecule has 0 unspecified atom stereocenters. The fourth-order valence-corrected chi connectivity index (χ4v) is 1.74. The fourth-order valence-electron chi connectivity index (χ4n) is 0.961. The minimum atomic E-state index is -0.489. The van der Waals surface area contributed by atoms with Gasteiger partial charge in [-0.15, -0.1) is 0 Å². The van der Waals surface area contributed by atoms with Crippen molar-refractivity contribution in [1.82, 2.24) is 0 Å². The normalized spacial score (nSPS) is 9.80. The Kier molecular flexibility index (Phi) is 4.29. The standard InChI is InChI=1S/C10H8BrClO3/c1-6(13)15-5-10(14)8-3-2-7(11)4-9(8)12/h2-4H,5H2,1H3. The summed E-state index contributed by atoms with van der Waals surface area (Å²) in [7, 11) is 0. The number of benzene rings is 1. The monoisotopic (exact) mass is 290 g/mol. The summed E-state index contributed by atoms with van der Waals surface area (Å²) in [6.07, 6.45) is 0. The molecule has 0 bridgehead atoms. The first-order valence-corrected chi connectivity index (χ1v) is 5.29. The van der Waals surface area contributed by atoms with Crippen LogP contribution < -0.4 is 0 Å². The third kappa shape index (κ3) is 3.64. The molecule has 15 heavy (non-hydrogen) atoms. The van der Waals surface area contributed by atoms with Gasteiger partial charge in [-0.2, -0.15) is 0 Å². The minimum absolute atomic E-state index is 0.281. The molecule has 0 aliphatic heterocycles. The van der Waals surface area contributed by atoms with Gasteiger partial charge in [-0.3, -0.25) is 9.59 Å². The van der Waals surface area contributed by atoms with Gasteiger partial charge in [0.25, 0.3) is 0 Å². The Bertz CT molecular complexity index is 404. The van der Waals surface area contributed by atoms with Crippen LogP contribution in [0.3, 0.4) is 0 Å². The second-order valence-electron chi connectivity index (χ2n) is 2.83. The van der Waals surface area contributed by atoms with Crippen LogP contribution >= 0.6 is 27.5 Å². The first-order valence-electron chi connectivity index (χ1n) is 4.12. The Balaban J connectivity index is 2.78. The molecule has 1 aromatic carbocycles. The number of hydrogen-bond acceptors (Lipinski definition) is 3. The highest BCUT2D eigenvalue weighted by atomic mass is 79.9. The molecule has 0 fully saturated rings. The van der Waals surface area contributed by atoms with Gasteiger partial charge in [0.2, 0.25) is 5.78 Å². The van der Waals surface area contributed by atoms with Crippen molar-refractivity contribution in [3.05, 3.63) is 33.3 Å². The van der Waals surface area contributed by atoms with Gasteiger partial charge in [0.05, 0.1) is 5.02 Å². The zero-order valence-corrected chi connectivity index (χ0v) is 10.3. The molecular formula is C10H8BrClO3. The summed E-state index contributed by atoms with van der Waals surface area (Å²) in [6, 6.07) is 4.90. The number of ketones is 1. The van der Waals surface area contributed by atoms with Gasteiger partial charge in [0, 0.05) is 17.0 Å². The molecule has 3 nitrogen and oxygen atoms in total. The minimum Gasteiger partial charge on any atom is -0.457 e. The molecule has 80 valence electrons. The van der Waals surface area contributed by atoms with E-state index in [1.165, 1.54) is 6.92 Å². The molecule has 0 aliphatic carbocycles. The van der Waals surface area contributed by atoms with E-state index in [-0.39, 0.29) is 12.4 Å². The van der Waals surface area contributed by atoms with E-state index in [1.807, 2.05) is 0 Å². The van der Waals surface area contributed by atoms with Crippen LogP contribution in [0, 0.1) is 0 Å². The Morgan fingerprint density at radius 1 is 1.47 bits per heavy atom. The van der Waals surface area contributed by atoms with E-state index in [0.717, 1.165) is 4.47 Å². The Hall–Kier alpha value is -0.870. The van der Waals surface area contributed by atoms with Crippen molar-refractivity contribution in [1.29, 1.82) is 0 Å². The quantitative estimate of drug-likeness (QED) is 0.635. The maximum absolute atomic E-state index is 11.5. The lowest BCUT2D eigenvalue weighted by atomic mass is 10.1. The molecular weight excluding hydrogens is 283 g/mol. The molecule has 0 saturated heterocycles. The van der Waals surface area contributed by atoms with E-state index in [2.05, 4.69) is 20.7 Å². The van der Waals surface area contributed by atoms with Crippen LogP contribution in [-0.4, -0.2) is 18.4 Å². The Morgan fingerprint density at radius 2 is 2.13 bits per heavy atom. The number of ether oxygens (including phenoxy) is 1. The van der Waals surface area contributed by atoms with E-state index in [1.54, 1.807) is 18.2 Å². The maximum atomic E-state index is 11.5. The average Bonchev–Trinajstić information content (AvgIpc) is 2.14. The second kappa shape index (κ2) is 5.28. The SMILES string of the molecule is CC(=O)OCC(=O)c1ccc(Br)cc1Cl. The lowest BCUT2D eigenvalue weighted by molar-refractivity contribution is -0.139. The molecule has 0 heterocycles. The largest absolute Gasteiger partial charge is 0.457 e. The number of Topliss-reactive ketones (excluding diaryl/α,β-unsaturated/α-hetero) is 1. The maximum Gasteiger partial charge on any atom is 0.303 e. The molecule has 1 rings (SSSR count). The van der Waals surface area contributed by atoms with Gasteiger partial charge < -0.3 is 4.74 Å². The molecule has 0 atom stereocenters. The molecule has 1 aromatic rings. The average molecular weight is 292 g/mol. The topological polar surface area (TPSA) is 43.4 Å². The van der Waals surface area contributed by atoms with Crippen LogP contribution in [-0.2, 0) is 9.53 Å². The number of carbonyl (C=O) groups excluding carboxylic acids is 2. The Labute approximate surface area is 100 Å². The van der Waals surface area contributed by atoms with E-state index in [0.29, 0.717) is 10.6 Å². The van der Waals surface area contributed by atoms with Gasteiger partial charge in [0.15, 0.2) is 6.61 Å². The summed E-state index contributed by atoms with van der Waals surface area (Å²) in [5.41, 5.74) is 0.348. The highest BCUT2D eigenvalue weighted by molar-refractivity contribution is 9.10.